The van der Waals surface area contributed by atoms with Crippen LogP contribution in [0.2, 0.25) is 0 Å². The minimum atomic E-state index is -0.825. The summed E-state index contributed by atoms with van der Waals surface area (Å²) in [6, 6.07) is 1.82. The third kappa shape index (κ3) is 4.99. The van der Waals surface area contributed by atoms with Gasteiger partial charge in [0.1, 0.15) is 18.0 Å². The molecule has 0 saturated heterocycles. The Morgan fingerprint density at radius 3 is 2.83 bits per heavy atom. The number of nitrogens with zero attached hydrogens (tertiary/aromatic N) is 3. The molecule has 0 bridgehead atoms. The lowest BCUT2D eigenvalue weighted by Gasteiger charge is -2.20. The van der Waals surface area contributed by atoms with Gasteiger partial charge in [-0.05, 0) is 5.92 Å². The molecule has 0 aliphatic carbocycles. The zero-order valence-corrected chi connectivity index (χ0v) is 11.1. The first-order chi connectivity index (χ1) is 8.49. The van der Waals surface area contributed by atoms with Crippen LogP contribution in [-0.2, 0) is 4.79 Å². The van der Waals surface area contributed by atoms with Crippen LogP contribution < -0.4 is 10.2 Å². The number of hydrogen-bond donors (Lipinski definition) is 2. The predicted octanol–water partition coefficient (Wildman–Crippen LogP) is 1.46. The highest BCUT2D eigenvalue weighted by atomic mass is 16.4. The summed E-state index contributed by atoms with van der Waals surface area (Å²) in [5.74, 6) is 1.20. The van der Waals surface area contributed by atoms with E-state index in [4.69, 9.17) is 5.11 Å². The molecule has 0 spiro atoms. The van der Waals surface area contributed by atoms with Crippen molar-refractivity contribution in [1.29, 1.82) is 0 Å². The average molecular weight is 252 g/mol. The van der Waals surface area contributed by atoms with Gasteiger partial charge in [-0.1, -0.05) is 13.8 Å². The standard InChI is InChI=1S/C12H20N4O2/c1-9(2)7-16(3)11-6-10(14-8-15-11)13-5-4-12(17)18/h6,8-9H,4-5,7H2,1-3H3,(H,17,18)(H,13,14,15). The van der Waals surface area contributed by atoms with Crippen molar-refractivity contribution in [2.24, 2.45) is 5.92 Å². The first-order valence-electron chi connectivity index (χ1n) is 5.98. The smallest absolute Gasteiger partial charge is 0.305 e. The van der Waals surface area contributed by atoms with Crippen LogP contribution in [0.5, 0.6) is 0 Å². The number of carbonyl (C=O) groups is 1. The van der Waals surface area contributed by atoms with Crippen molar-refractivity contribution < 1.29 is 9.90 Å². The van der Waals surface area contributed by atoms with Crippen LogP contribution in [0.25, 0.3) is 0 Å². The molecule has 6 heteroatoms. The Labute approximate surface area is 107 Å². The molecule has 1 heterocycles. The zero-order valence-electron chi connectivity index (χ0n) is 11.1. The fourth-order valence-electron chi connectivity index (χ4n) is 1.59. The summed E-state index contributed by atoms with van der Waals surface area (Å²) in [7, 11) is 1.98. The number of nitrogens with one attached hydrogen (secondary N) is 1. The molecular weight excluding hydrogens is 232 g/mol. The van der Waals surface area contributed by atoms with Gasteiger partial charge >= 0.3 is 5.97 Å². The Bertz CT molecular complexity index is 395. The number of anilines is 2. The maximum Gasteiger partial charge on any atom is 0.305 e. The summed E-state index contributed by atoms with van der Waals surface area (Å²) in [5.41, 5.74) is 0. The van der Waals surface area contributed by atoms with Crippen LogP contribution in [0.4, 0.5) is 11.6 Å². The van der Waals surface area contributed by atoms with E-state index in [9.17, 15) is 4.79 Å². The SMILES string of the molecule is CC(C)CN(C)c1cc(NCCC(=O)O)ncn1. The largest absolute Gasteiger partial charge is 0.481 e. The minimum absolute atomic E-state index is 0.0706. The molecule has 0 saturated carbocycles. The second-order valence-electron chi connectivity index (χ2n) is 4.61. The topological polar surface area (TPSA) is 78.4 Å². The second-order valence-corrected chi connectivity index (χ2v) is 4.61. The van der Waals surface area contributed by atoms with E-state index in [1.165, 1.54) is 6.33 Å². The predicted molar refractivity (Wildman–Crippen MR) is 70.9 cm³/mol. The van der Waals surface area contributed by atoms with Crippen LogP contribution in [-0.4, -0.2) is 41.2 Å². The fourth-order valence-corrected chi connectivity index (χ4v) is 1.59. The van der Waals surface area contributed by atoms with E-state index in [0.717, 1.165) is 12.4 Å². The van der Waals surface area contributed by atoms with E-state index in [-0.39, 0.29) is 6.42 Å². The van der Waals surface area contributed by atoms with Crippen molar-refractivity contribution >= 4 is 17.6 Å². The van der Waals surface area contributed by atoms with Crippen molar-refractivity contribution in [3.63, 3.8) is 0 Å². The molecule has 0 aliphatic rings. The Morgan fingerprint density at radius 1 is 1.50 bits per heavy atom. The van der Waals surface area contributed by atoms with Crippen LogP contribution in [0.15, 0.2) is 12.4 Å². The highest BCUT2D eigenvalue weighted by Gasteiger charge is 2.06. The van der Waals surface area contributed by atoms with Crippen molar-refractivity contribution in [2.75, 3.05) is 30.4 Å². The zero-order chi connectivity index (χ0) is 13.5. The third-order valence-electron chi connectivity index (χ3n) is 2.33. The van der Waals surface area contributed by atoms with E-state index < -0.39 is 5.97 Å². The van der Waals surface area contributed by atoms with Gasteiger partial charge in [-0.3, -0.25) is 4.79 Å². The van der Waals surface area contributed by atoms with Crippen LogP contribution in [0, 0.1) is 5.92 Å². The van der Waals surface area contributed by atoms with Gasteiger partial charge in [-0.15, -0.1) is 0 Å². The number of carboxylic acid groups (broad SMARTS) is 1. The monoisotopic (exact) mass is 252 g/mol. The molecule has 1 rings (SSSR count). The molecule has 2 N–H and O–H groups in total. The molecule has 0 atom stereocenters. The third-order valence-corrected chi connectivity index (χ3v) is 2.33. The number of aliphatic carboxylic acids is 1. The molecule has 0 aliphatic heterocycles. The van der Waals surface area contributed by atoms with Crippen LogP contribution in [0.3, 0.4) is 0 Å². The van der Waals surface area contributed by atoms with Crippen LogP contribution in [0.1, 0.15) is 20.3 Å². The van der Waals surface area contributed by atoms with E-state index in [1.807, 2.05) is 13.1 Å². The molecule has 1 aromatic rings. The summed E-state index contributed by atoms with van der Waals surface area (Å²) in [6.45, 7) is 5.55. The van der Waals surface area contributed by atoms with Crippen molar-refractivity contribution in [3.05, 3.63) is 12.4 Å². The summed E-state index contributed by atoms with van der Waals surface area (Å²) >= 11 is 0. The molecule has 1 aromatic heterocycles. The Kier molecular flexibility index (Phi) is 5.35. The second kappa shape index (κ2) is 6.78. The van der Waals surface area contributed by atoms with Gasteiger partial charge in [0.25, 0.3) is 0 Å². The minimum Gasteiger partial charge on any atom is -0.481 e. The van der Waals surface area contributed by atoms with Gasteiger partial charge in [0.15, 0.2) is 0 Å². The molecule has 6 nitrogen and oxygen atoms in total. The molecule has 0 unspecified atom stereocenters. The summed E-state index contributed by atoms with van der Waals surface area (Å²) in [6.07, 6.45) is 1.55. The maximum absolute atomic E-state index is 10.4. The van der Waals surface area contributed by atoms with E-state index in [1.54, 1.807) is 0 Å². The molecule has 18 heavy (non-hydrogen) atoms. The van der Waals surface area contributed by atoms with Gasteiger partial charge in [-0.2, -0.15) is 0 Å². The van der Waals surface area contributed by atoms with Gasteiger partial charge in [-0.25, -0.2) is 9.97 Å². The van der Waals surface area contributed by atoms with E-state index in [0.29, 0.717) is 18.3 Å². The quantitative estimate of drug-likeness (QED) is 0.765. The van der Waals surface area contributed by atoms with E-state index in [2.05, 4.69) is 34.0 Å². The van der Waals surface area contributed by atoms with Gasteiger partial charge in [0.05, 0.1) is 6.42 Å². The average Bonchev–Trinajstić information content (AvgIpc) is 2.28. The number of hydrogen-bond acceptors (Lipinski definition) is 5. The number of carboxylic acids is 1. The maximum atomic E-state index is 10.4. The first-order valence-corrected chi connectivity index (χ1v) is 5.98. The molecule has 0 amide bonds. The molecule has 100 valence electrons. The normalized spacial score (nSPS) is 10.4. The molecule has 0 fully saturated rings. The van der Waals surface area contributed by atoms with Gasteiger partial charge < -0.3 is 15.3 Å². The molecule has 0 aromatic carbocycles. The van der Waals surface area contributed by atoms with Crippen molar-refractivity contribution in [2.45, 2.75) is 20.3 Å². The van der Waals surface area contributed by atoms with Gasteiger partial charge in [0, 0.05) is 26.2 Å². The van der Waals surface area contributed by atoms with Crippen molar-refractivity contribution in [1.82, 2.24) is 9.97 Å². The number of rotatable bonds is 7. The lowest BCUT2D eigenvalue weighted by molar-refractivity contribution is -0.136. The van der Waals surface area contributed by atoms with E-state index >= 15 is 0 Å². The summed E-state index contributed by atoms with van der Waals surface area (Å²) in [4.78, 5) is 20.7. The lowest BCUT2D eigenvalue weighted by Crippen LogP contribution is -2.23. The Hall–Kier alpha value is -1.85. The van der Waals surface area contributed by atoms with Crippen molar-refractivity contribution in [3.8, 4) is 0 Å². The number of aromatic nitrogens is 2. The summed E-state index contributed by atoms with van der Waals surface area (Å²) < 4.78 is 0. The highest BCUT2D eigenvalue weighted by molar-refractivity contribution is 5.67. The lowest BCUT2D eigenvalue weighted by atomic mass is 10.2. The summed E-state index contributed by atoms with van der Waals surface area (Å²) in [5, 5.41) is 11.5. The van der Waals surface area contributed by atoms with Crippen LogP contribution >= 0.6 is 0 Å². The van der Waals surface area contributed by atoms with Gasteiger partial charge in [0.2, 0.25) is 0 Å². The highest BCUT2D eigenvalue weighted by Crippen LogP contribution is 2.13. The Morgan fingerprint density at radius 2 is 2.22 bits per heavy atom. The Balaban J connectivity index is 2.58. The molecular formula is C12H20N4O2. The first kappa shape index (κ1) is 14.2. The molecule has 0 radical (unpaired) electrons. The fraction of sp³-hybridized carbons (Fsp3) is 0.583.